The molecule has 160 valence electrons. The standard InChI is InChI=1S/C18H15F3N2O6S/c1-11-3-5-12(6-4-11)15(22-23-16(24)17(25)28-2)13-7-9-14(10-8-13)29-30(26,27)18(19,20)21/h3-10H,1-2H3,(H,23,24)/b22-15-. The second-order valence-corrected chi connectivity index (χ2v) is 7.30. The summed E-state index contributed by atoms with van der Waals surface area (Å²) in [5, 5.41) is 3.88. The van der Waals surface area contributed by atoms with E-state index in [1.54, 1.807) is 24.3 Å². The summed E-state index contributed by atoms with van der Waals surface area (Å²) in [5.74, 6) is -2.89. The lowest BCUT2D eigenvalue weighted by Crippen LogP contribution is -2.29. The molecule has 0 atom stereocenters. The van der Waals surface area contributed by atoms with Crippen LogP contribution in [0.15, 0.2) is 53.6 Å². The van der Waals surface area contributed by atoms with Crippen molar-refractivity contribution in [2.45, 2.75) is 12.4 Å². The molecule has 0 saturated carbocycles. The number of methoxy groups -OCH3 is 1. The van der Waals surface area contributed by atoms with Crippen molar-refractivity contribution in [3.05, 3.63) is 65.2 Å². The number of halogens is 3. The fraction of sp³-hybridized carbons (Fsp3) is 0.167. The van der Waals surface area contributed by atoms with Crippen LogP contribution in [-0.4, -0.2) is 38.6 Å². The van der Waals surface area contributed by atoms with E-state index >= 15 is 0 Å². The smallest absolute Gasteiger partial charge is 0.462 e. The highest BCUT2D eigenvalue weighted by molar-refractivity contribution is 7.88. The number of hydrazone groups is 1. The van der Waals surface area contributed by atoms with E-state index in [0.29, 0.717) is 11.1 Å². The fourth-order valence-electron chi connectivity index (χ4n) is 2.09. The van der Waals surface area contributed by atoms with Crippen molar-refractivity contribution in [2.75, 3.05) is 7.11 Å². The molecule has 0 aromatic heterocycles. The van der Waals surface area contributed by atoms with Gasteiger partial charge in [-0.2, -0.15) is 26.7 Å². The van der Waals surface area contributed by atoms with Gasteiger partial charge in [-0.05, 0) is 31.2 Å². The Morgan fingerprint density at radius 3 is 1.93 bits per heavy atom. The molecule has 2 rings (SSSR count). The second kappa shape index (κ2) is 8.95. The first-order chi connectivity index (χ1) is 13.9. The lowest BCUT2D eigenvalue weighted by molar-refractivity contribution is -0.152. The van der Waals surface area contributed by atoms with Crippen LogP contribution in [0.25, 0.3) is 0 Å². The molecule has 0 heterocycles. The van der Waals surface area contributed by atoms with Gasteiger partial charge in [0.25, 0.3) is 0 Å². The quantitative estimate of drug-likeness (QED) is 0.189. The molecule has 0 fully saturated rings. The first kappa shape index (κ1) is 22.9. The van der Waals surface area contributed by atoms with Gasteiger partial charge in [0.1, 0.15) is 5.75 Å². The van der Waals surface area contributed by atoms with Gasteiger partial charge in [-0.1, -0.05) is 29.8 Å². The van der Waals surface area contributed by atoms with Crippen molar-refractivity contribution in [1.82, 2.24) is 5.43 Å². The number of hydrogen-bond acceptors (Lipinski definition) is 7. The minimum absolute atomic E-state index is 0.150. The molecule has 0 bridgehead atoms. The van der Waals surface area contributed by atoms with Gasteiger partial charge in [0.05, 0.1) is 12.8 Å². The molecule has 0 saturated heterocycles. The molecule has 1 N–H and O–H groups in total. The number of benzene rings is 2. The molecule has 2 aromatic rings. The molecule has 2 aromatic carbocycles. The van der Waals surface area contributed by atoms with Crippen LogP contribution in [0.5, 0.6) is 5.75 Å². The molecule has 0 radical (unpaired) electrons. The molecule has 1 amide bonds. The normalized spacial score (nSPS) is 12.2. The summed E-state index contributed by atoms with van der Waals surface area (Å²) in [6.45, 7) is 1.84. The minimum atomic E-state index is -5.81. The van der Waals surface area contributed by atoms with Crippen molar-refractivity contribution in [1.29, 1.82) is 0 Å². The number of rotatable bonds is 5. The van der Waals surface area contributed by atoms with Crippen molar-refractivity contribution in [3.63, 3.8) is 0 Å². The molecule has 0 unspecified atom stereocenters. The predicted molar refractivity (Wildman–Crippen MR) is 99.0 cm³/mol. The van der Waals surface area contributed by atoms with E-state index in [2.05, 4.69) is 14.0 Å². The SMILES string of the molecule is COC(=O)C(=O)N/N=C(/c1ccc(C)cc1)c1ccc(OS(=O)(=O)C(F)(F)F)cc1. The largest absolute Gasteiger partial charge is 0.534 e. The third-order valence-electron chi connectivity index (χ3n) is 3.58. The second-order valence-electron chi connectivity index (χ2n) is 5.77. The van der Waals surface area contributed by atoms with E-state index in [4.69, 9.17) is 0 Å². The van der Waals surface area contributed by atoms with E-state index < -0.39 is 33.3 Å². The zero-order valence-electron chi connectivity index (χ0n) is 15.6. The van der Waals surface area contributed by atoms with Crippen molar-refractivity contribution in [2.24, 2.45) is 5.10 Å². The zero-order chi connectivity index (χ0) is 22.5. The third-order valence-corrected chi connectivity index (χ3v) is 4.56. The zero-order valence-corrected chi connectivity index (χ0v) is 16.4. The Bertz CT molecular complexity index is 1060. The Balaban J connectivity index is 2.38. The first-order valence-corrected chi connectivity index (χ1v) is 9.49. The number of carbonyl (C=O) groups excluding carboxylic acids is 2. The van der Waals surface area contributed by atoms with Crippen LogP contribution >= 0.6 is 0 Å². The molecule has 0 aliphatic heterocycles. The maximum absolute atomic E-state index is 12.4. The van der Waals surface area contributed by atoms with Crippen molar-refractivity contribution in [3.8, 4) is 5.75 Å². The van der Waals surface area contributed by atoms with E-state index in [1.807, 2.05) is 12.3 Å². The highest BCUT2D eigenvalue weighted by Gasteiger charge is 2.48. The van der Waals surface area contributed by atoms with E-state index in [1.165, 1.54) is 12.1 Å². The Morgan fingerprint density at radius 2 is 1.47 bits per heavy atom. The van der Waals surface area contributed by atoms with Gasteiger partial charge in [-0.15, -0.1) is 0 Å². The highest BCUT2D eigenvalue weighted by Crippen LogP contribution is 2.27. The third kappa shape index (κ3) is 5.56. The number of amides is 1. The first-order valence-electron chi connectivity index (χ1n) is 8.09. The van der Waals surface area contributed by atoms with Gasteiger partial charge in [0.2, 0.25) is 0 Å². The Labute approximate surface area is 169 Å². The number of nitrogens with one attached hydrogen (secondary N) is 1. The van der Waals surface area contributed by atoms with Crippen molar-refractivity contribution >= 4 is 27.7 Å². The minimum Gasteiger partial charge on any atom is -0.462 e. The number of hydrogen-bond donors (Lipinski definition) is 1. The summed E-state index contributed by atoms with van der Waals surface area (Å²) < 4.78 is 67.8. The van der Waals surface area contributed by atoms with Gasteiger partial charge >= 0.3 is 27.5 Å². The van der Waals surface area contributed by atoms with Crippen LogP contribution in [0, 0.1) is 6.92 Å². The lowest BCUT2D eigenvalue weighted by atomic mass is 10.0. The molecule has 12 heteroatoms. The molecule has 0 aliphatic carbocycles. The monoisotopic (exact) mass is 444 g/mol. The average Bonchev–Trinajstić information content (AvgIpc) is 2.68. The van der Waals surface area contributed by atoms with Gasteiger partial charge in [-0.25, -0.2) is 10.2 Å². The topological polar surface area (TPSA) is 111 Å². The van der Waals surface area contributed by atoms with Crippen LogP contribution in [-0.2, 0) is 24.4 Å². The summed E-state index contributed by atoms with van der Waals surface area (Å²) in [5.41, 5.74) is -1.68. The van der Waals surface area contributed by atoms with Crippen molar-refractivity contribution < 1.29 is 40.1 Å². The van der Waals surface area contributed by atoms with Crippen LogP contribution in [0.2, 0.25) is 0 Å². The van der Waals surface area contributed by atoms with Gasteiger partial charge in [0, 0.05) is 11.1 Å². The molecule has 0 spiro atoms. The average molecular weight is 444 g/mol. The van der Waals surface area contributed by atoms with E-state index in [9.17, 15) is 31.2 Å². The molecule has 8 nitrogen and oxygen atoms in total. The number of carbonyl (C=O) groups is 2. The van der Waals surface area contributed by atoms with Gasteiger partial charge in [0.15, 0.2) is 0 Å². The Kier molecular flexibility index (Phi) is 6.82. The lowest BCUT2D eigenvalue weighted by Gasteiger charge is -2.11. The summed E-state index contributed by atoms with van der Waals surface area (Å²) in [4.78, 5) is 22.8. The highest BCUT2D eigenvalue weighted by atomic mass is 32.2. The number of ether oxygens (including phenoxy) is 1. The number of nitrogens with zero attached hydrogens (tertiary/aromatic N) is 1. The molecular weight excluding hydrogens is 429 g/mol. The molecular formula is C18H15F3N2O6S. The number of alkyl halides is 3. The Hall–Kier alpha value is -3.41. The van der Waals surface area contributed by atoms with Crippen LogP contribution in [0.3, 0.4) is 0 Å². The fourth-order valence-corrected chi connectivity index (χ4v) is 2.55. The maximum Gasteiger partial charge on any atom is 0.534 e. The molecule has 30 heavy (non-hydrogen) atoms. The van der Waals surface area contributed by atoms with Crippen LogP contribution in [0.4, 0.5) is 13.2 Å². The predicted octanol–water partition coefficient (Wildman–Crippen LogP) is 2.27. The number of esters is 1. The summed E-state index contributed by atoms with van der Waals surface area (Å²) >= 11 is 0. The summed E-state index contributed by atoms with van der Waals surface area (Å²) in [6, 6.07) is 11.3. The summed E-state index contributed by atoms with van der Waals surface area (Å²) in [7, 11) is -4.80. The Morgan fingerprint density at radius 1 is 0.967 bits per heavy atom. The number of aryl methyl sites for hydroxylation is 1. The maximum atomic E-state index is 12.4. The summed E-state index contributed by atoms with van der Waals surface area (Å²) in [6.07, 6.45) is 0. The van der Waals surface area contributed by atoms with Gasteiger partial charge in [-0.3, -0.25) is 4.79 Å². The molecule has 0 aliphatic rings. The van der Waals surface area contributed by atoms with E-state index in [0.717, 1.165) is 24.8 Å². The van der Waals surface area contributed by atoms with E-state index in [-0.39, 0.29) is 5.71 Å². The van der Waals surface area contributed by atoms with Crippen LogP contribution in [0.1, 0.15) is 16.7 Å². The van der Waals surface area contributed by atoms with Crippen LogP contribution < -0.4 is 9.61 Å². The van der Waals surface area contributed by atoms with Gasteiger partial charge < -0.3 is 8.92 Å².